The van der Waals surface area contributed by atoms with Crippen molar-refractivity contribution in [3.63, 3.8) is 0 Å². The summed E-state index contributed by atoms with van der Waals surface area (Å²) in [7, 11) is 0. The highest BCUT2D eigenvalue weighted by molar-refractivity contribution is 6.26. The second kappa shape index (κ2) is 12.0. The normalized spacial score (nSPS) is 13.2. The Morgan fingerprint density at radius 2 is 0.632 bits per heavy atom. The summed E-state index contributed by atoms with van der Waals surface area (Å²) in [5, 5.41) is 15.5. The summed E-state index contributed by atoms with van der Waals surface area (Å²) in [6.07, 6.45) is 0. The largest absolute Gasteiger partial charge is 0.0616 e. The third-order valence-electron chi connectivity index (χ3n) is 13.0. The second-order valence-electron chi connectivity index (χ2n) is 16.4. The number of benzene rings is 11. The standard InChI is InChI=1S/C57H38/c1-57(2)55-33-37(26-29-51(55)52-30-27-38(34-56(52)57)53-31-35-13-3-4-14-39(35)42-15-5-9-19-48(42)53)41-22-12-23-43-40(21-11-24-44(41)43)36-25-28-50-47-18-7-6-16-45(47)46-17-8-10-20-49(46)54(50)32-36/h3-34H,1-2H3. The van der Waals surface area contributed by atoms with Crippen LogP contribution in [0.15, 0.2) is 194 Å². The quantitative estimate of drug-likeness (QED) is 0.159. The molecular weight excluding hydrogens is 685 g/mol. The molecule has 0 unspecified atom stereocenters. The maximum atomic E-state index is 2.47. The van der Waals surface area contributed by atoms with E-state index in [9.17, 15) is 0 Å². The van der Waals surface area contributed by atoms with Crippen LogP contribution in [0.25, 0.3) is 109 Å². The molecule has 0 aromatic heterocycles. The number of fused-ring (bicyclic) bond motifs is 13. The van der Waals surface area contributed by atoms with Crippen molar-refractivity contribution in [2.75, 3.05) is 0 Å². The van der Waals surface area contributed by atoms with E-state index in [1.165, 1.54) is 120 Å². The fraction of sp³-hybridized carbons (Fsp3) is 0.0526. The average Bonchev–Trinajstić information content (AvgIpc) is 3.50. The smallest absolute Gasteiger partial charge is 0.0159 e. The zero-order valence-electron chi connectivity index (χ0n) is 32.0. The molecule has 1 aliphatic rings. The van der Waals surface area contributed by atoms with Crippen molar-refractivity contribution in [1.29, 1.82) is 0 Å². The van der Waals surface area contributed by atoms with E-state index in [4.69, 9.17) is 0 Å². The monoisotopic (exact) mass is 722 g/mol. The van der Waals surface area contributed by atoms with Gasteiger partial charge in [-0.15, -0.1) is 0 Å². The fourth-order valence-electron chi connectivity index (χ4n) is 10.3. The molecule has 57 heavy (non-hydrogen) atoms. The van der Waals surface area contributed by atoms with Gasteiger partial charge in [-0.1, -0.05) is 184 Å². The van der Waals surface area contributed by atoms with Crippen LogP contribution in [0.3, 0.4) is 0 Å². The SMILES string of the molecule is CC1(C)c2cc(-c3cccc4c(-c5ccc6c7ccccc7c7ccccc7c6c5)cccc34)ccc2-c2ccc(-c3cc4ccccc4c4ccccc34)cc21. The van der Waals surface area contributed by atoms with Crippen molar-refractivity contribution in [2.45, 2.75) is 19.3 Å². The van der Waals surface area contributed by atoms with Gasteiger partial charge in [0.15, 0.2) is 0 Å². The van der Waals surface area contributed by atoms with E-state index in [0.717, 1.165) is 0 Å². The first-order chi connectivity index (χ1) is 28.0. The van der Waals surface area contributed by atoms with Crippen LogP contribution in [0.1, 0.15) is 25.0 Å². The van der Waals surface area contributed by atoms with Gasteiger partial charge < -0.3 is 0 Å². The molecule has 0 saturated heterocycles. The van der Waals surface area contributed by atoms with Gasteiger partial charge in [-0.3, -0.25) is 0 Å². The van der Waals surface area contributed by atoms with Gasteiger partial charge in [0.25, 0.3) is 0 Å². The van der Waals surface area contributed by atoms with Crippen LogP contribution in [0.5, 0.6) is 0 Å². The van der Waals surface area contributed by atoms with Gasteiger partial charge in [0.05, 0.1) is 0 Å². The summed E-state index contributed by atoms with van der Waals surface area (Å²) in [4.78, 5) is 0. The van der Waals surface area contributed by atoms with Crippen molar-refractivity contribution < 1.29 is 0 Å². The van der Waals surface area contributed by atoms with E-state index in [1.54, 1.807) is 0 Å². The van der Waals surface area contributed by atoms with E-state index in [-0.39, 0.29) is 5.41 Å². The fourth-order valence-corrected chi connectivity index (χ4v) is 10.3. The van der Waals surface area contributed by atoms with Gasteiger partial charge in [0, 0.05) is 5.41 Å². The number of hydrogen-bond acceptors (Lipinski definition) is 0. The third-order valence-corrected chi connectivity index (χ3v) is 13.0. The molecule has 12 rings (SSSR count). The topological polar surface area (TPSA) is 0 Å². The Hall–Kier alpha value is -7.02. The molecule has 1 aliphatic carbocycles. The molecule has 11 aromatic rings. The Morgan fingerprint density at radius 1 is 0.246 bits per heavy atom. The molecular formula is C57H38. The Labute approximate surface area is 332 Å². The molecule has 0 fully saturated rings. The van der Waals surface area contributed by atoms with Gasteiger partial charge in [-0.2, -0.15) is 0 Å². The summed E-state index contributed by atoms with van der Waals surface area (Å²) in [5.74, 6) is 0. The Bertz CT molecular complexity index is 3450. The molecule has 0 amide bonds. The predicted octanol–water partition coefficient (Wildman–Crippen LogP) is 15.9. The molecule has 11 aromatic carbocycles. The average molecular weight is 723 g/mol. The van der Waals surface area contributed by atoms with Crippen LogP contribution >= 0.6 is 0 Å². The molecule has 0 radical (unpaired) electrons. The Kier molecular flexibility index (Phi) is 6.78. The molecule has 0 spiro atoms. The molecule has 0 heteroatoms. The molecule has 0 saturated carbocycles. The van der Waals surface area contributed by atoms with Crippen LogP contribution in [0.2, 0.25) is 0 Å². The highest BCUT2D eigenvalue weighted by Crippen LogP contribution is 2.52. The van der Waals surface area contributed by atoms with Crippen molar-refractivity contribution in [3.8, 4) is 44.5 Å². The highest BCUT2D eigenvalue weighted by atomic mass is 14.4. The first-order valence-electron chi connectivity index (χ1n) is 20.1. The molecule has 0 aliphatic heterocycles. The van der Waals surface area contributed by atoms with E-state index >= 15 is 0 Å². The zero-order valence-corrected chi connectivity index (χ0v) is 32.0. The van der Waals surface area contributed by atoms with Crippen LogP contribution in [-0.2, 0) is 5.41 Å². The molecule has 0 N–H and O–H groups in total. The Balaban J connectivity index is 0.971. The van der Waals surface area contributed by atoms with Crippen molar-refractivity contribution in [1.82, 2.24) is 0 Å². The molecule has 0 bridgehead atoms. The van der Waals surface area contributed by atoms with E-state index in [1.807, 2.05) is 0 Å². The summed E-state index contributed by atoms with van der Waals surface area (Å²) >= 11 is 0. The Morgan fingerprint density at radius 3 is 1.21 bits per heavy atom. The van der Waals surface area contributed by atoms with Gasteiger partial charge in [-0.05, 0) is 145 Å². The zero-order chi connectivity index (χ0) is 37.8. The first-order valence-corrected chi connectivity index (χ1v) is 20.1. The molecule has 0 nitrogen and oxygen atoms in total. The van der Waals surface area contributed by atoms with Gasteiger partial charge >= 0.3 is 0 Å². The van der Waals surface area contributed by atoms with Crippen molar-refractivity contribution >= 4 is 64.6 Å². The second-order valence-corrected chi connectivity index (χ2v) is 16.4. The summed E-state index contributed by atoms with van der Waals surface area (Å²) in [6.45, 7) is 4.80. The maximum absolute atomic E-state index is 2.47. The van der Waals surface area contributed by atoms with Crippen LogP contribution in [-0.4, -0.2) is 0 Å². The van der Waals surface area contributed by atoms with Gasteiger partial charge in [-0.25, -0.2) is 0 Å². The lowest BCUT2D eigenvalue weighted by Crippen LogP contribution is -2.15. The van der Waals surface area contributed by atoms with Crippen molar-refractivity contribution in [3.05, 3.63) is 205 Å². The lowest BCUT2D eigenvalue weighted by Gasteiger charge is -2.23. The first kappa shape index (κ1) is 32.2. The van der Waals surface area contributed by atoms with Crippen LogP contribution in [0, 0.1) is 0 Å². The number of rotatable bonds is 3. The maximum Gasteiger partial charge on any atom is 0.0159 e. The summed E-state index contributed by atoms with van der Waals surface area (Å²) < 4.78 is 0. The third kappa shape index (κ3) is 4.68. The van der Waals surface area contributed by atoms with Gasteiger partial charge in [0.1, 0.15) is 0 Å². The summed E-state index contributed by atoms with van der Waals surface area (Å²) in [5.41, 5.74) is 12.9. The van der Waals surface area contributed by atoms with E-state index in [2.05, 4.69) is 208 Å². The molecule has 0 heterocycles. The predicted molar refractivity (Wildman–Crippen MR) is 245 cm³/mol. The van der Waals surface area contributed by atoms with E-state index < -0.39 is 0 Å². The van der Waals surface area contributed by atoms with E-state index in [0.29, 0.717) is 0 Å². The molecule has 0 atom stereocenters. The van der Waals surface area contributed by atoms with Crippen LogP contribution < -0.4 is 0 Å². The minimum Gasteiger partial charge on any atom is -0.0616 e. The molecule has 266 valence electrons. The lowest BCUT2D eigenvalue weighted by atomic mass is 9.80. The summed E-state index contributed by atoms with van der Waals surface area (Å²) in [6, 6.07) is 72.7. The van der Waals surface area contributed by atoms with Crippen LogP contribution in [0.4, 0.5) is 0 Å². The minimum atomic E-state index is -0.156. The highest BCUT2D eigenvalue weighted by Gasteiger charge is 2.36. The van der Waals surface area contributed by atoms with Gasteiger partial charge in [0.2, 0.25) is 0 Å². The number of hydrogen-bond donors (Lipinski definition) is 0. The van der Waals surface area contributed by atoms with Crippen molar-refractivity contribution in [2.24, 2.45) is 0 Å². The minimum absolute atomic E-state index is 0.156. The lowest BCUT2D eigenvalue weighted by molar-refractivity contribution is 0.661.